The quantitative estimate of drug-likeness (QED) is 0.836. The number of anilines is 1. The number of aryl methyl sites for hydroxylation is 2. The minimum atomic E-state index is 0.381. The molecule has 2 nitrogen and oxygen atoms in total. The lowest BCUT2D eigenvalue weighted by Gasteiger charge is -2.40. The Hall–Kier alpha value is -1.02. The zero-order chi connectivity index (χ0) is 14.0. The smallest absolute Gasteiger partial charge is 0.0372 e. The van der Waals surface area contributed by atoms with Gasteiger partial charge in [0.25, 0.3) is 0 Å². The van der Waals surface area contributed by atoms with E-state index in [4.69, 9.17) is 0 Å². The van der Waals surface area contributed by atoms with Crippen LogP contribution in [0.15, 0.2) is 18.2 Å². The topological polar surface area (TPSA) is 15.3 Å². The summed E-state index contributed by atoms with van der Waals surface area (Å²) in [6, 6.07) is 6.99. The summed E-state index contributed by atoms with van der Waals surface area (Å²) in [7, 11) is 0. The van der Waals surface area contributed by atoms with Crippen molar-refractivity contribution in [1.82, 2.24) is 5.32 Å². The van der Waals surface area contributed by atoms with E-state index in [1.807, 2.05) is 0 Å². The largest absolute Gasteiger partial charge is 0.370 e. The van der Waals surface area contributed by atoms with Crippen molar-refractivity contribution in [2.45, 2.75) is 57.9 Å². The molecule has 1 aliphatic carbocycles. The molecule has 1 spiro atoms. The molecule has 1 heterocycles. The first kappa shape index (κ1) is 13.9. The van der Waals surface area contributed by atoms with Gasteiger partial charge in [0, 0.05) is 24.3 Å². The summed E-state index contributed by atoms with van der Waals surface area (Å²) in [5.74, 6) is 0. The maximum atomic E-state index is 3.88. The zero-order valence-electron chi connectivity index (χ0n) is 13.0. The maximum Gasteiger partial charge on any atom is 0.0372 e. The average Bonchev–Trinajstić information content (AvgIpc) is 2.62. The van der Waals surface area contributed by atoms with Crippen LogP contribution in [0.1, 0.15) is 49.7 Å². The fourth-order valence-electron chi connectivity index (χ4n) is 4.04. The molecule has 2 heteroatoms. The highest BCUT2D eigenvalue weighted by Crippen LogP contribution is 2.32. The van der Waals surface area contributed by atoms with Crippen LogP contribution in [0.5, 0.6) is 0 Å². The normalized spacial score (nSPS) is 22.8. The molecule has 3 rings (SSSR count). The molecule has 0 aromatic heterocycles. The van der Waals surface area contributed by atoms with Crippen molar-refractivity contribution in [3.05, 3.63) is 29.3 Å². The van der Waals surface area contributed by atoms with Gasteiger partial charge in [-0.25, -0.2) is 0 Å². The second-order valence-corrected chi connectivity index (χ2v) is 6.89. The van der Waals surface area contributed by atoms with Gasteiger partial charge in [0.2, 0.25) is 0 Å². The van der Waals surface area contributed by atoms with Gasteiger partial charge in [-0.2, -0.15) is 0 Å². The lowest BCUT2D eigenvalue weighted by atomic mass is 9.81. The second kappa shape index (κ2) is 5.77. The van der Waals surface area contributed by atoms with Crippen LogP contribution in [-0.4, -0.2) is 25.2 Å². The van der Waals surface area contributed by atoms with E-state index < -0.39 is 0 Å². The minimum absolute atomic E-state index is 0.381. The fraction of sp³-hybridized carbons (Fsp3) is 0.667. The van der Waals surface area contributed by atoms with Crippen molar-refractivity contribution >= 4 is 5.69 Å². The van der Waals surface area contributed by atoms with Crippen molar-refractivity contribution < 1.29 is 0 Å². The van der Waals surface area contributed by atoms with Gasteiger partial charge < -0.3 is 10.2 Å². The molecule has 20 heavy (non-hydrogen) atoms. The van der Waals surface area contributed by atoms with Gasteiger partial charge in [0.05, 0.1) is 0 Å². The Kier molecular flexibility index (Phi) is 4.02. The summed E-state index contributed by atoms with van der Waals surface area (Å²) in [5, 5.41) is 3.88. The number of hydrogen-bond donors (Lipinski definition) is 1. The fourth-order valence-corrected chi connectivity index (χ4v) is 4.04. The Labute approximate surface area is 123 Å². The lowest BCUT2D eigenvalue weighted by Crippen LogP contribution is -2.52. The standard InChI is InChI=1S/C18H28N2/c1-15-11-16(2)13-17(12-15)20-10-6-9-19-18(14-20)7-4-3-5-8-18/h11-13,19H,3-10,14H2,1-2H3. The molecule has 0 bridgehead atoms. The Morgan fingerprint density at radius 3 is 2.35 bits per heavy atom. The third kappa shape index (κ3) is 3.01. The van der Waals surface area contributed by atoms with Crippen LogP contribution in [0.2, 0.25) is 0 Å². The van der Waals surface area contributed by atoms with Crippen LogP contribution in [0.4, 0.5) is 5.69 Å². The number of nitrogens with one attached hydrogen (secondary N) is 1. The molecular formula is C18H28N2. The van der Waals surface area contributed by atoms with Crippen LogP contribution in [0, 0.1) is 13.8 Å². The summed E-state index contributed by atoms with van der Waals surface area (Å²) in [6.07, 6.45) is 8.19. The molecule has 1 aromatic rings. The van der Waals surface area contributed by atoms with E-state index in [9.17, 15) is 0 Å². The molecule has 1 saturated heterocycles. The highest BCUT2D eigenvalue weighted by Gasteiger charge is 2.34. The molecule has 1 saturated carbocycles. The molecule has 2 fully saturated rings. The number of nitrogens with zero attached hydrogens (tertiary/aromatic N) is 1. The third-order valence-corrected chi connectivity index (χ3v) is 4.98. The first-order valence-corrected chi connectivity index (χ1v) is 8.25. The maximum absolute atomic E-state index is 3.88. The average molecular weight is 272 g/mol. The molecule has 1 aromatic carbocycles. The van der Waals surface area contributed by atoms with E-state index in [0.717, 1.165) is 0 Å². The summed E-state index contributed by atoms with van der Waals surface area (Å²) in [4.78, 5) is 2.63. The van der Waals surface area contributed by atoms with Gasteiger partial charge in [0.15, 0.2) is 0 Å². The molecule has 0 atom stereocenters. The predicted molar refractivity (Wildman–Crippen MR) is 86.6 cm³/mol. The number of rotatable bonds is 1. The van der Waals surface area contributed by atoms with Gasteiger partial charge in [-0.3, -0.25) is 0 Å². The van der Waals surface area contributed by atoms with E-state index in [2.05, 4.69) is 42.3 Å². The van der Waals surface area contributed by atoms with E-state index >= 15 is 0 Å². The van der Waals surface area contributed by atoms with E-state index in [-0.39, 0.29) is 0 Å². The first-order valence-electron chi connectivity index (χ1n) is 8.25. The Morgan fingerprint density at radius 1 is 0.950 bits per heavy atom. The van der Waals surface area contributed by atoms with Crippen LogP contribution >= 0.6 is 0 Å². The molecular weight excluding hydrogens is 244 g/mol. The summed E-state index contributed by atoms with van der Waals surface area (Å²) in [6.45, 7) is 7.99. The second-order valence-electron chi connectivity index (χ2n) is 6.89. The van der Waals surface area contributed by atoms with Crippen molar-refractivity contribution in [3.63, 3.8) is 0 Å². The molecule has 110 valence electrons. The molecule has 1 aliphatic heterocycles. The predicted octanol–water partition coefficient (Wildman–Crippen LogP) is 3.81. The number of hydrogen-bond acceptors (Lipinski definition) is 2. The van der Waals surface area contributed by atoms with Crippen LogP contribution in [0.25, 0.3) is 0 Å². The summed E-state index contributed by atoms with van der Waals surface area (Å²) in [5.41, 5.74) is 4.58. The number of benzene rings is 1. The highest BCUT2D eigenvalue weighted by atomic mass is 15.2. The minimum Gasteiger partial charge on any atom is -0.370 e. The molecule has 2 aliphatic rings. The molecule has 0 unspecified atom stereocenters. The zero-order valence-corrected chi connectivity index (χ0v) is 13.0. The van der Waals surface area contributed by atoms with Crippen LogP contribution < -0.4 is 10.2 Å². The van der Waals surface area contributed by atoms with Crippen molar-refractivity contribution in [3.8, 4) is 0 Å². The van der Waals surface area contributed by atoms with Gasteiger partial charge in [-0.15, -0.1) is 0 Å². The highest BCUT2D eigenvalue weighted by molar-refractivity contribution is 5.51. The van der Waals surface area contributed by atoms with Gasteiger partial charge in [-0.05, 0) is 62.9 Å². The van der Waals surface area contributed by atoms with Gasteiger partial charge in [-0.1, -0.05) is 25.3 Å². The Balaban J connectivity index is 1.84. The SMILES string of the molecule is Cc1cc(C)cc(N2CCCNC3(CCCCC3)C2)c1. The van der Waals surface area contributed by atoms with Gasteiger partial charge in [0.1, 0.15) is 0 Å². The van der Waals surface area contributed by atoms with Crippen molar-refractivity contribution in [1.29, 1.82) is 0 Å². The van der Waals surface area contributed by atoms with Gasteiger partial charge >= 0.3 is 0 Å². The van der Waals surface area contributed by atoms with E-state index in [0.29, 0.717) is 5.54 Å². The van der Waals surface area contributed by atoms with Crippen molar-refractivity contribution in [2.75, 3.05) is 24.5 Å². The van der Waals surface area contributed by atoms with Crippen molar-refractivity contribution in [2.24, 2.45) is 0 Å². The molecule has 1 N–H and O–H groups in total. The van der Waals surface area contributed by atoms with E-state index in [1.165, 1.54) is 75.0 Å². The third-order valence-electron chi connectivity index (χ3n) is 4.98. The Morgan fingerprint density at radius 2 is 1.65 bits per heavy atom. The summed E-state index contributed by atoms with van der Waals surface area (Å²) >= 11 is 0. The molecule has 0 amide bonds. The van der Waals surface area contributed by atoms with Crippen LogP contribution in [-0.2, 0) is 0 Å². The monoisotopic (exact) mass is 272 g/mol. The molecule has 0 radical (unpaired) electrons. The lowest BCUT2D eigenvalue weighted by molar-refractivity contribution is 0.246. The van der Waals surface area contributed by atoms with Crippen LogP contribution in [0.3, 0.4) is 0 Å². The van der Waals surface area contributed by atoms with E-state index in [1.54, 1.807) is 0 Å². The summed E-state index contributed by atoms with van der Waals surface area (Å²) < 4.78 is 0. The Bertz CT molecular complexity index is 440. The first-order chi connectivity index (χ1) is 9.67.